The van der Waals surface area contributed by atoms with Crippen LogP contribution in [-0.4, -0.2) is 18.5 Å². The second-order valence-corrected chi connectivity index (χ2v) is 4.41. The van der Waals surface area contributed by atoms with Crippen LogP contribution in [0, 0.1) is 11.8 Å². The minimum atomic E-state index is 0.179. The molecule has 0 aromatic carbocycles. The van der Waals surface area contributed by atoms with Crippen molar-refractivity contribution in [1.82, 2.24) is 0 Å². The molecule has 2 heteroatoms. The number of ketones is 1. The maximum absolute atomic E-state index is 11.2. The van der Waals surface area contributed by atoms with Crippen molar-refractivity contribution >= 4 is 5.78 Å². The quantitative estimate of drug-likeness (QED) is 0.670. The van der Waals surface area contributed by atoms with Crippen molar-refractivity contribution in [1.29, 1.82) is 0 Å². The Bertz CT molecular complexity index is 175. The Labute approximate surface area is 80.7 Å². The highest BCUT2D eigenvalue weighted by molar-refractivity contribution is 5.79. The lowest BCUT2D eigenvalue weighted by Crippen LogP contribution is -2.25. The molecule has 1 fully saturated rings. The second-order valence-electron chi connectivity index (χ2n) is 4.41. The van der Waals surface area contributed by atoms with Gasteiger partial charge in [0.2, 0.25) is 0 Å². The van der Waals surface area contributed by atoms with Gasteiger partial charge < -0.3 is 4.74 Å². The minimum Gasteiger partial charge on any atom is -0.377 e. The fraction of sp³-hybridized carbons (Fsp3) is 0.909. The lowest BCUT2D eigenvalue weighted by Gasteiger charge is -2.18. The number of rotatable bonds is 4. The molecule has 0 spiro atoms. The molecule has 0 saturated heterocycles. The molecule has 1 saturated carbocycles. The highest BCUT2D eigenvalue weighted by atomic mass is 16.5. The van der Waals surface area contributed by atoms with Crippen LogP contribution in [0.15, 0.2) is 0 Å². The van der Waals surface area contributed by atoms with E-state index in [0.717, 1.165) is 25.9 Å². The number of carbonyl (C=O) groups excluding carboxylic acids is 1. The average Bonchev–Trinajstić information content (AvgIpc) is 2.47. The van der Waals surface area contributed by atoms with Crippen LogP contribution in [0.2, 0.25) is 0 Å². The van der Waals surface area contributed by atoms with E-state index < -0.39 is 0 Å². The molecule has 1 aliphatic rings. The van der Waals surface area contributed by atoms with Gasteiger partial charge in [-0.15, -0.1) is 0 Å². The molecule has 0 aliphatic heterocycles. The number of hydrogen-bond acceptors (Lipinski definition) is 2. The summed E-state index contributed by atoms with van der Waals surface area (Å²) in [7, 11) is 0. The first-order valence-electron chi connectivity index (χ1n) is 5.23. The van der Waals surface area contributed by atoms with E-state index in [1.54, 1.807) is 6.92 Å². The van der Waals surface area contributed by atoms with E-state index >= 15 is 0 Å². The third-order valence-corrected chi connectivity index (χ3v) is 2.62. The summed E-state index contributed by atoms with van der Waals surface area (Å²) in [4.78, 5) is 11.2. The third-order valence-electron chi connectivity index (χ3n) is 2.62. The molecule has 13 heavy (non-hydrogen) atoms. The lowest BCUT2D eigenvalue weighted by atomic mass is 10.0. The van der Waals surface area contributed by atoms with Crippen molar-refractivity contribution < 1.29 is 9.53 Å². The van der Waals surface area contributed by atoms with Gasteiger partial charge in [0.15, 0.2) is 0 Å². The maximum Gasteiger partial charge on any atom is 0.135 e. The predicted octanol–water partition coefficient (Wildman–Crippen LogP) is 2.42. The highest BCUT2D eigenvalue weighted by Crippen LogP contribution is 2.29. The molecule has 76 valence electrons. The Hall–Kier alpha value is -0.370. The SMILES string of the molecule is CC(=O)C1CCCC1OCC(C)C. The van der Waals surface area contributed by atoms with E-state index in [1.807, 2.05) is 0 Å². The van der Waals surface area contributed by atoms with Gasteiger partial charge in [0.05, 0.1) is 6.10 Å². The van der Waals surface area contributed by atoms with Gasteiger partial charge in [-0.25, -0.2) is 0 Å². The molecule has 0 bridgehead atoms. The Kier molecular flexibility index (Phi) is 3.91. The van der Waals surface area contributed by atoms with Crippen molar-refractivity contribution in [3.63, 3.8) is 0 Å². The zero-order chi connectivity index (χ0) is 9.84. The number of Topliss-reactive ketones (excluding diaryl/α,β-unsaturated/α-hetero) is 1. The van der Waals surface area contributed by atoms with Crippen molar-refractivity contribution in [2.45, 2.75) is 46.1 Å². The van der Waals surface area contributed by atoms with Gasteiger partial charge in [-0.2, -0.15) is 0 Å². The van der Waals surface area contributed by atoms with Crippen LogP contribution < -0.4 is 0 Å². The van der Waals surface area contributed by atoms with Crippen LogP contribution in [0.3, 0.4) is 0 Å². The molecule has 0 aromatic rings. The van der Waals surface area contributed by atoms with E-state index in [-0.39, 0.29) is 12.0 Å². The highest BCUT2D eigenvalue weighted by Gasteiger charge is 2.31. The summed E-state index contributed by atoms with van der Waals surface area (Å²) in [6.07, 6.45) is 3.45. The number of carbonyl (C=O) groups is 1. The molecule has 2 nitrogen and oxygen atoms in total. The van der Waals surface area contributed by atoms with Gasteiger partial charge in [-0.05, 0) is 25.7 Å². The summed E-state index contributed by atoms with van der Waals surface area (Å²) in [5, 5.41) is 0. The standard InChI is InChI=1S/C11H20O2/c1-8(2)7-13-11-6-4-5-10(11)9(3)12/h8,10-11H,4-7H2,1-3H3. The zero-order valence-electron chi connectivity index (χ0n) is 8.88. The van der Waals surface area contributed by atoms with Crippen LogP contribution in [0.4, 0.5) is 0 Å². The van der Waals surface area contributed by atoms with E-state index in [4.69, 9.17) is 4.74 Å². The van der Waals surface area contributed by atoms with Gasteiger partial charge >= 0.3 is 0 Å². The van der Waals surface area contributed by atoms with Crippen molar-refractivity contribution in [3.8, 4) is 0 Å². The molecule has 0 aromatic heterocycles. The molecule has 0 N–H and O–H groups in total. The Morgan fingerprint density at radius 3 is 2.69 bits per heavy atom. The zero-order valence-corrected chi connectivity index (χ0v) is 8.88. The normalized spacial score (nSPS) is 28.3. The van der Waals surface area contributed by atoms with E-state index in [0.29, 0.717) is 11.7 Å². The van der Waals surface area contributed by atoms with Crippen LogP contribution >= 0.6 is 0 Å². The van der Waals surface area contributed by atoms with Crippen molar-refractivity contribution in [2.75, 3.05) is 6.61 Å². The predicted molar refractivity (Wildman–Crippen MR) is 52.6 cm³/mol. The molecule has 1 aliphatic carbocycles. The summed E-state index contributed by atoms with van der Waals surface area (Å²) in [5.41, 5.74) is 0. The molecular formula is C11H20O2. The number of ether oxygens (including phenoxy) is 1. The first kappa shape index (κ1) is 10.7. The first-order valence-corrected chi connectivity index (χ1v) is 5.23. The van der Waals surface area contributed by atoms with E-state index in [2.05, 4.69) is 13.8 Å². The largest absolute Gasteiger partial charge is 0.377 e. The van der Waals surface area contributed by atoms with Crippen molar-refractivity contribution in [2.24, 2.45) is 11.8 Å². The van der Waals surface area contributed by atoms with Gasteiger partial charge in [-0.3, -0.25) is 4.79 Å². The topological polar surface area (TPSA) is 26.3 Å². The third kappa shape index (κ3) is 3.11. The summed E-state index contributed by atoms with van der Waals surface area (Å²) in [5.74, 6) is 1.04. The Balaban J connectivity index is 2.35. The van der Waals surface area contributed by atoms with Gasteiger partial charge in [0.25, 0.3) is 0 Å². The smallest absolute Gasteiger partial charge is 0.135 e. The number of hydrogen-bond donors (Lipinski definition) is 0. The minimum absolute atomic E-state index is 0.179. The monoisotopic (exact) mass is 184 g/mol. The Morgan fingerprint density at radius 1 is 1.46 bits per heavy atom. The molecule has 2 unspecified atom stereocenters. The van der Waals surface area contributed by atoms with Crippen LogP contribution in [0.25, 0.3) is 0 Å². The van der Waals surface area contributed by atoms with Crippen molar-refractivity contribution in [3.05, 3.63) is 0 Å². The first-order chi connectivity index (χ1) is 6.11. The average molecular weight is 184 g/mol. The van der Waals surface area contributed by atoms with Crippen LogP contribution in [0.5, 0.6) is 0 Å². The fourth-order valence-corrected chi connectivity index (χ4v) is 1.91. The van der Waals surface area contributed by atoms with E-state index in [1.165, 1.54) is 0 Å². The van der Waals surface area contributed by atoms with E-state index in [9.17, 15) is 4.79 Å². The summed E-state index contributed by atoms with van der Waals surface area (Å²) in [6, 6.07) is 0. The van der Waals surface area contributed by atoms with Crippen LogP contribution in [-0.2, 0) is 9.53 Å². The van der Waals surface area contributed by atoms with Gasteiger partial charge in [-0.1, -0.05) is 20.3 Å². The molecule has 0 heterocycles. The van der Waals surface area contributed by atoms with Gasteiger partial charge in [0, 0.05) is 12.5 Å². The van der Waals surface area contributed by atoms with Gasteiger partial charge in [0.1, 0.15) is 5.78 Å². The molecular weight excluding hydrogens is 164 g/mol. The molecule has 0 amide bonds. The van der Waals surface area contributed by atoms with Crippen LogP contribution in [0.1, 0.15) is 40.0 Å². The molecule has 0 radical (unpaired) electrons. The maximum atomic E-state index is 11.2. The summed E-state index contributed by atoms with van der Waals surface area (Å²) < 4.78 is 5.72. The molecule has 1 rings (SSSR count). The lowest BCUT2D eigenvalue weighted by molar-refractivity contribution is -0.125. The summed E-state index contributed by atoms with van der Waals surface area (Å²) >= 11 is 0. The summed E-state index contributed by atoms with van der Waals surface area (Å²) in [6.45, 7) is 6.74. The molecule has 2 atom stereocenters. The second kappa shape index (κ2) is 4.75. The Morgan fingerprint density at radius 2 is 2.15 bits per heavy atom. The fourth-order valence-electron chi connectivity index (χ4n) is 1.91.